The van der Waals surface area contributed by atoms with Crippen LogP contribution in [0.25, 0.3) is 22.3 Å². The Labute approximate surface area is 165 Å². The molecule has 0 fully saturated rings. The molecule has 0 amide bonds. The van der Waals surface area contributed by atoms with Crippen LogP contribution in [0.3, 0.4) is 0 Å². The number of imidazole rings is 1. The maximum absolute atomic E-state index is 14.6. The third-order valence-electron chi connectivity index (χ3n) is 4.50. The van der Waals surface area contributed by atoms with Crippen molar-refractivity contribution in [2.45, 2.75) is 13.8 Å². The van der Waals surface area contributed by atoms with E-state index in [1.807, 2.05) is 41.8 Å². The summed E-state index contributed by atoms with van der Waals surface area (Å²) in [5.41, 5.74) is 4.73. The van der Waals surface area contributed by atoms with Gasteiger partial charge in [0.15, 0.2) is 4.96 Å². The molecule has 3 nitrogen and oxygen atoms in total. The van der Waals surface area contributed by atoms with Gasteiger partial charge in [-0.25, -0.2) is 9.37 Å². The van der Waals surface area contributed by atoms with Crippen LogP contribution in [0.4, 0.5) is 15.9 Å². The van der Waals surface area contributed by atoms with Crippen molar-refractivity contribution in [3.63, 3.8) is 0 Å². The first kappa shape index (κ1) is 17.8. The zero-order valence-corrected chi connectivity index (χ0v) is 16.5. The minimum atomic E-state index is -0.400. The number of rotatable bonds is 4. The van der Waals surface area contributed by atoms with Crippen molar-refractivity contribution < 1.29 is 4.39 Å². The van der Waals surface area contributed by atoms with Crippen LogP contribution in [0.1, 0.15) is 16.8 Å². The minimum Gasteiger partial charge on any atom is -0.339 e. The molecular weight excluding hydrogens is 381 g/mol. The van der Waals surface area contributed by atoms with Gasteiger partial charge < -0.3 is 5.32 Å². The van der Waals surface area contributed by atoms with Crippen LogP contribution in [0.2, 0.25) is 5.02 Å². The highest BCUT2D eigenvalue weighted by molar-refractivity contribution is 7.15. The van der Waals surface area contributed by atoms with E-state index in [0.717, 1.165) is 27.5 Å². The van der Waals surface area contributed by atoms with E-state index in [4.69, 9.17) is 11.6 Å². The fourth-order valence-corrected chi connectivity index (χ4v) is 4.28. The number of para-hydroxylation sites is 1. The molecule has 0 radical (unpaired) electrons. The highest BCUT2D eigenvalue weighted by Crippen LogP contribution is 2.39. The molecule has 4 aromatic rings. The van der Waals surface area contributed by atoms with E-state index in [9.17, 15) is 4.39 Å². The Hall–Kier alpha value is -2.63. The molecule has 6 heteroatoms. The largest absolute Gasteiger partial charge is 0.339 e. The summed E-state index contributed by atoms with van der Waals surface area (Å²) in [6, 6.07) is 10.6. The Balaban J connectivity index is 2.00. The summed E-state index contributed by atoms with van der Waals surface area (Å²) >= 11 is 7.84. The predicted molar refractivity (Wildman–Crippen MR) is 113 cm³/mol. The van der Waals surface area contributed by atoms with Crippen molar-refractivity contribution in [2.75, 3.05) is 5.32 Å². The molecule has 0 aliphatic rings. The highest BCUT2D eigenvalue weighted by atomic mass is 35.5. The first-order chi connectivity index (χ1) is 13.0. The van der Waals surface area contributed by atoms with E-state index in [-0.39, 0.29) is 0 Å². The second-order valence-corrected chi connectivity index (χ2v) is 7.51. The maximum Gasteiger partial charge on any atom is 0.196 e. The van der Waals surface area contributed by atoms with Gasteiger partial charge in [-0.15, -0.1) is 11.3 Å². The third kappa shape index (κ3) is 2.93. The van der Waals surface area contributed by atoms with E-state index in [1.165, 1.54) is 17.4 Å². The monoisotopic (exact) mass is 397 g/mol. The fourth-order valence-electron chi connectivity index (χ4n) is 3.16. The molecule has 2 aromatic carbocycles. The fraction of sp³-hybridized carbons (Fsp3) is 0.0952. The van der Waals surface area contributed by atoms with Gasteiger partial charge in [-0.2, -0.15) is 0 Å². The van der Waals surface area contributed by atoms with E-state index >= 15 is 0 Å². The van der Waals surface area contributed by atoms with Gasteiger partial charge in [0.2, 0.25) is 0 Å². The Morgan fingerprint density at radius 3 is 2.74 bits per heavy atom. The molecular formula is C21H17ClFN3S. The Morgan fingerprint density at radius 1 is 1.22 bits per heavy atom. The molecule has 136 valence electrons. The molecule has 0 spiro atoms. The van der Waals surface area contributed by atoms with E-state index in [1.54, 1.807) is 18.2 Å². The standard InChI is InChI=1S/C21H17ClFN3S/c1-4-14-8-5-7-12(2)18(14)24-20-19(17-15(22)9-6-10-16(17)23)25-21-26(20)13(3)11-27-21/h4-11,24H,1H2,2-3H3. The molecule has 0 saturated heterocycles. The number of nitrogens with one attached hydrogen (secondary N) is 1. The van der Waals surface area contributed by atoms with Crippen molar-refractivity contribution in [2.24, 2.45) is 0 Å². The summed E-state index contributed by atoms with van der Waals surface area (Å²) in [6.45, 7) is 7.91. The molecule has 0 aliphatic heterocycles. The smallest absolute Gasteiger partial charge is 0.196 e. The van der Waals surface area contributed by atoms with Gasteiger partial charge in [0.25, 0.3) is 0 Å². The zero-order chi connectivity index (χ0) is 19.1. The van der Waals surface area contributed by atoms with Gasteiger partial charge in [-0.3, -0.25) is 4.40 Å². The van der Waals surface area contributed by atoms with Crippen LogP contribution >= 0.6 is 22.9 Å². The summed E-state index contributed by atoms with van der Waals surface area (Å²) < 4.78 is 16.6. The lowest BCUT2D eigenvalue weighted by molar-refractivity contribution is 0.631. The molecule has 2 heterocycles. The molecule has 0 aliphatic carbocycles. The van der Waals surface area contributed by atoms with Crippen molar-refractivity contribution in [1.82, 2.24) is 9.38 Å². The molecule has 2 aromatic heterocycles. The van der Waals surface area contributed by atoms with Crippen molar-refractivity contribution in [1.29, 1.82) is 0 Å². The number of aromatic nitrogens is 2. The first-order valence-corrected chi connectivity index (χ1v) is 9.67. The molecule has 0 saturated carbocycles. The number of thiazole rings is 1. The van der Waals surface area contributed by atoms with Crippen molar-refractivity contribution in [3.8, 4) is 11.3 Å². The maximum atomic E-state index is 14.6. The number of halogens is 2. The summed E-state index contributed by atoms with van der Waals surface area (Å²) in [6.07, 6.45) is 1.80. The Kier molecular flexibility index (Phi) is 4.50. The van der Waals surface area contributed by atoms with Crippen LogP contribution in [-0.2, 0) is 0 Å². The summed E-state index contributed by atoms with van der Waals surface area (Å²) in [5.74, 6) is 0.288. The van der Waals surface area contributed by atoms with Gasteiger partial charge in [0.05, 0.1) is 10.6 Å². The van der Waals surface area contributed by atoms with Crippen LogP contribution in [-0.4, -0.2) is 9.38 Å². The van der Waals surface area contributed by atoms with Gasteiger partial charge in [-0.1, -0.05) is 48.5 Å². The number of anilines is 2. The van der Waals surface area contributed by atoms with Crippen LogP contribution in [0, 0.1) is 19.7 Å². The van der Waals surface area contributed by atoms with E-state index < -0.39 is 5.82 Å². The second-order valence-electron chi connectivity index (χ2n) is 6.27. The predicted octanol–water partition coefficient (Wildman–Crippen LogP) is 6.86. The first-order valence-electron chi connectivity index (χ1n) is 8.41. The topological polar surface area (TPSA) is 29.3 Å². The van der Waals surface area contributed by atoms with E-state index in [2.05, 4.69) is 16.9 Å². The van der Waals surface area contributed by atoms with Gasteiger partial charge in [-0.05, 0) is 37.1 Å². The van der Waals surface area contributed by atoms with Crippen LogP contribution in [0.5, 0.6) is 0 Å². The summed E-state index contributed by atoms with van der Waals surface area (Å²) in [7, 11) is 0. The normalized spacial score (nSPS) is 11.1. The highest BCUT2D eigenvalue weighted by Gasteiger charge is 2.22. The summed E-state index contributed by atoms with van der Waals surface area (Å²) in [4.78, 5) is 5.45. The van der Waals surface area contributed by atoms with Gasteiger partial charge in [0.1, 0.15) is 17.3 Å². The number of hydrogen-bond acceptors (Lipinski definition) is 3. The second kappa shape index (κ2) is 6.83. The number of fused-ring (bicyclic) bond motifs is 1. The number of benzene rings is 2. The van der Waals surface area contributed by atoms with Crippen LogP contribution in [0.15, 0.2) is 48.4 Å². The number of aryl methyl sites for hydroxylation is 2. The van der Waals surface area contributed by atoms with Crippen LogP contribution < -0.4 is 5.32 Å². The number of hydrogen-bond donors (Lipinski definition) is 1. The lowest BCUT2D eigenvalue weighted by atomic mass is 10.1. The number of nitrogens with zero attached hydrogens (tertiary/aromatic N) is 2. The summed E-state index contributed by atoms with van der Waals surface area (Å²) in [5, 5.41) is 5.82. The minimum absolute atomic E-state index is 0.297. The quantitative estimate of drug-likeness (QED) is 0.407. The van der Waals surface area contributed by atoms with Gasteiger partial charge in [0, 0.05) is 16.8 Å². The molecule has 0 atom stereocenters. The van der Waals surface area contributed by atoms with Crippen molar-refractivity contribution >= 4 is 45.5 Å². The molecule has 0 unspecified atom stereocenters. The van der Waals surface area contributed by atoms with Gasteiger partial charge >= 0.3 is 0 Å². The zero-order valence-electron chi connectivity index (χ0n) is 14.9. The Morgan fingerprint density at radius 2 is 2.00 bits per heavy atom. The molecule has 0 bridgehead atoms. The lowest BCUT2D eigenvalue weighted by Gasteiger charge is -2.15. The molecule has 4 rings (SSSR count). The average molecular weight is 398 g/mol. The van der Waals surface area contributed by atoms with Crippen molar-refractivity contribution in [3.05, 3.63) is 76.0 Å². The lowest BCUT2D eigenvalue weighted by Crippen LogP contribution is -2.02. The van der Waals surface area contributed by atoms with E-state index in [0.29, 0.717) is 22.1 Å². The third-order valence-corrected chi connectivity index (χ3v) is 5.76. The SMILES string of the molecule is C=Cc1cccc(C)c1Nc1c(-c2c(F)cccc2Cl)nc2scc(C)n12. The Bertz CT molecular complexity index is 1160. The average Bonchev–Trinajstić information content (AvgIpc) is 3.17. The molecule has 27 heavy (non-hydrogen) atoms. The molecule has 1 N–H and O–H groups in total.